The minimum absolute atomic E-state index is 0.240. The van der Waals surface area contributed by atoms with Gasteiger partial charge in [0.25, 0.3) is 0 Å². The van der Waals surface area contributed by atoms with E-state index in [1.165, 1.54) is 39.2 Å². The molecule has 4 heteroatoms. The Bertz CT molecular complexity index is 353. The van der Waals surface area contributed by atoms with Crippen LogP contribution in [0.4, 0.5) is 0 Å². The van der Waals surface area contributed by atoms with Crippen molar-refractivity contribution in [2.75, 3.05) is 14.2 Å². The molecule has 2 rings (SSSR count). The fourth-order valence-corrected chi connectivity index (χ4v) is 4.27. The number of ether oxygens (including phenoxy) is 1. The van der Waals surface area contributed by atoms with Gasteiger partial charge in [0.2, 0.25) is 0 Å². The van der Waals surface area contributed by atoms with Crippen molar-refractivity contribution in [2.45, 2.75) is 82.3 Å². The third kappa shape index (κ3) is 3.78. The fraction of sp³-hybridized carbons (Fsp3) is 0.941. The molecule has 21 heavy (non-hydrogen) atoms. The zero-order valence-corrected chi connectivity index (χ0v) is 13.9. The van der Waals surface area contributed by atoms with Crippen molar-refractivity contribution in [3.8, 4) is 0 Å². The highest BCUT2D eigenvalue weighted by Crippen LogP contribution is 2.35. The van der Waals surface area contributed by atoms with E-state index >= 15 is 0 Å². The molecule has 2 atom stereocenters. The molecule has 4 nitrogen and oxygen atoms in total. The van der Waals surface area contributed by atoms with E-state index in [1.807, 2.05) is 0 Å². The summed E-state index contributed by atoms with van der Waals surface area (Å²) >= 11 is 0. The summed E-state index contributed by atoms with van der Waals surface area (Å²) in [6, 6.07) is 1.09. The van der Waals surface area contributed by atoms with Crippen molar-refractivity contribution in [3.05, 3.63) is 0 Å². The molecule has 0 spiro atoms. The maximum atomic E-state index is 11.9. The third-order valence-corrected chi connectivity index (χ3v) is 5.90. The Balaban J connectivity index is 1.93. The van der Waals surface area contributed by atoms with Crippen molar-refractivity contribution < 1.29 is 9.53 Å². The van der Waals surface area contributed by atoms with E-state index in [2.05, 4.69) is 18.9 Å². The van der Waals surface area contributed by atoms with Gasteiger partial charge >= 0.3 is 5.97 Å². The lowest BCUT2D eigenvalue weighted by Gasteiger charge is -2.44. The van der Waals surface area contributed by atoms with Crippen molar-refractivity contribution >= 4 is 5.97 Å². The summed E-state index contributed by atoms with van der Waals surface area (Å²) in [5.74, 6) is 0.681. The molecular weight excluding hydrogens is 264 g/mol. The van der Waals surface area contributed by atoms with Gasteiger partial charge in [0, 0.05) is 12.1 Å². The largest absolute Gasteiger partial charge is 0.468 e. The van der Waals surface area contributed by atoms with Crippen LogP contribution in [0.5, 0.6) is 0 Å². The van der Waals surface area contributed by atoms with Crippen LogP contribution < -0.4 is 5.73 Å². The average molecular weight is 296 g/mol. The molecule has 2 aliphatic carbocycles. The van der Waals surface area contributed by atoms with Gasteiger partial charge in [-0.3, -0.25) is 4.79 Å². The van der Waals surface area contributed by atoms with Gasteiger partial charge in [0.05, 0.1) is 7.11 Å². The van der Waals surface area contributed by atoms with Crippen LogP contribution in [0.3, 0.4) is 0 Å². The Morgan fingerprint density at radius 3 is 2.48 bits per heavy atom. The zero-order chi connectivity index (χ0) is 15.5. The van der Waals surface area contributed by atoms with E-state index in [0.717, 1.165) is 31.6 Å². The van der Waals surface area contributed by atoms with Crippen LogP contribution in [0.2, 0.25) is 0 Å². The van der Waals surface area contributed by atoms with Crippen LogP contribution in [0.15, 0.2) is 0 Å². The maximum Gasteiger partial charge on any atom is 0.325 e. The Kier molecular flexibility index (Phi) is 5.67. The first-order valence-electron chi connectivity index (χ1n) is 8.59. The number of carbonyl (C=O) groups excluding carboxylic acids is 1. The molecule has 2 saturated carbocycles. The number of hydrogen-bond acceptors (Lipinski definition) is 4. The number of carbonyl (C=O) groups is 1. The molecule has 2 aliphatic rings. The van der Waals surface area contributed by atoms with E-state index in [4.69, 9.17) is 10.5 Å². The van der Waals surface area contributed by atoms with E-state index in [9.17, 15) is 4.79 Å². The van der Waals surface area contributed by atoms with Gasteiger partial charge in [0.15, 0.2) is 0 Å². The summed E-state index contributed by atoms with van der Waals surface area (Å²) < 4.78 is 4.91. The molecule has 0 aliphatic heterocycles. The van der Waals surface area contributed by atoms with Crippen LogP contribution in [0, 0.1) is 5.92 Å². The standard InChI is InChI=1S/C17H32N2O2/c1-4-13-7-9-14(10-8-13)19(2)15-6-5-11-17(18,12-15)16(20)21-3/h13-15H,4-12,18H2,1-3H3. The summed E-state index contributed by atoms with van der Waals surface area (Å²) in [5.41, 5.74) is 5.54. The number of rotatable bonds is 4. The highest BCUT2D eigenvalue weighted by atomic mass is 16.5. The molecular formula is C17H32N2O2. The van der Waals surface area contributed by atoms with Crippen LogP contribution in [0.1, 0.15) is 64.7 Å². The molecule has 2 fully saturated rings. The van der Waals surface area contributed by atoms with Crippen molar-refractivity contribution in [2.24, 2.45) is 11.7 Å². The van der Waals surface area contributed by atoms with Gasteiger partial charge < -0.3 is 15.4 Å². The second-order valence-corrected chi connectivity index (χ2v) is 7.15. The summed E-state index contributed by atoms with van der Waals surface area (Å²) in [4.78, 5) is 14.5. The van der Waals surface area contributed by atoms with Crippen LogP contribution >= 0.6 is 0 Å². The second-order valence-electron chi connectivity index (χ2n) is 7.15. The predicted octanol–water partition coefficient (Wildman–Crippen LogP) is 2.70. The van der Waals surface area contributed by atoms with E-state index in [1.54, 1.807) is 0 Å². The van der Waals surface area contributed by atoms with Gasteiger partial charge in [0.1, 0.15) is 5.54 Å². The maximum absolute atomic E-state index is 11.9. The highest BCUT2D eigenvalue weighted by molar-refractivity contribution is 5.80. The topological polar surface area (TPSA) is 55.6 Å². The van der Waals surface area contributed by atoms with Crippen LogP contribution in [-0.2, 0) is 9.53 Å². The SMILES string of the molecule is CCC1CCC(N(C)C2CCCC(N)(C(=O)OC)C2)CC1. The van der Waals surface area contributed by atoms with Crippen molar-refractivity contribution in [3.63, 3.8) is 0 Å². The van der Waals surface area contributed by atoms with Gasteiger partial charge in [-0.2, -0.15) is 0 Å². The molecule has 0 amide bonds. The molecule has 0 saturated heterocycles. The Morgan fingerprint density at radius 2 is 1.90 bits per heavy atom. The number of methoxy groups -OCH3 is 1. The summed E-state index contributed by atoms with van der Waals surface area (Å²) in [7, 11) is 3.67. The summed E-state index contributed by atoms with van der Waals surface area (Å²) in [5, 5.41) is 0. The van der Waals surface area contributed by atoms with Crippen LogP contribution in [-0.4, -0.2) is 42.6 Å². The van der Waals surface area contributed by atoms with Crippen molar-refractivity contribution in [1.29, 1.82) is 0 Å². The first-order chi connectivity index (χ1) is 10.00. The third-order valence-electron chi connectivity index (χ3n) is 5.90. The monoisotopic (exact) mass is 296 g/mol. The molecule has 2 unspecified atom stereocenters. The number of nitrogens with two attached hydrogens (primary N) is 1. The second kappa shape index (κ2) is 7.10. The summed E-state index contributed by atoms with van der Waals surface area (Å²) in [6.45, 7) is 2.30. The minimum Gasteiger partial charge on any atom is -0.468 e. The number of esters is 1. The lowest BCUT2D eigenvalue weighted by Crippen LogP contribution is -2.57. The molecule has 0 aromatic rings. The molecule has 0 aromatic carbocycles. The van der Waals surface area contributed by atoms with E-state index < -0.39 is 5.54 Å². The Hall–Kier alpha value is -0.610. The molecule has 0 heterocycles. The summed E-state index contributed by atoms with van der Waals surface area (Å²) in [6.07, 6.45) is 10.3. The first kappa shape index (κ1) is 16.8. The average Bonchev–Trinajstić information content (AvgIpc) is 2.53. The lowest BCUT2D eigenvalue weighted by molar-refractivity contribution is -0.149. The van der Waals surface area contributed by atoms with Crippen LogP contribution in [0.25, 0.3) is 0 Å². The number of nitrogens with zero attached hydrogens (tertiary/aromatic N) is 1. The van der Waals surface area contributed by atoms with E-state index in [0.29, 0.717) is 12.1 Å². The van der Waals surface area contributed by atoms with E-state index in [-0.39, 0.29) is 5.97 Å². The zero-order valence-electron chi connectivity index (χ0n) is 13.9. The fourth-order valence-electron chi connectivity index (χ4n) is 4.27. The quantitative estimate of drug-likeness (QED) is 0.810. The number of hydrogen-bond donors (Lipinski definition) is 1. The molecule has 0 radical (unpaired) electrons. The lowest BCUT2D eigenvalue weighted by atomic mass is 9.77. The Labute approximate surface area is 129 Å². The van der Waals surface area contributed by atoms with Gasteiger partial charge in [-0.05, 0) is 64.3 Å². The first-order valence-corrected chi connectivity index (χ1v) is 8.59. The predicted molar refractivity (Wildman–Crippen MR) is 85.0 cm³/mol. The molecule has 2 N–H and O–H groups in total. The molecule has 0 bridgehead atoms. The Morgan fingerprint density at radius 1 is 1.24 bits per heavy atom. The molecule has 122 valence electrons. The van der Waals surface area contributed by atoms with Gasteiger partial charge in [-0.25, -0.2) is 0 Å². The van der Waals surface area contributed by atoms with Gasteiger partial charge in [-0.1, -0.05) is 13.3 Å². The minimum atomic E-state index is -0.771. The molecule has 0 aromatic heterocycles. The highest BCUT2D eigenvalue weighted by Gasteiger charge is 2.42. The van der Waals surface area contributed by atoms with Crippen molar-refractivity contribution in [1.82, 2.24) is 4.90 Å². The van der Waals surface area contributed by atoms with Gasteiger partial charge in [-0.15, -0.1) is 0 Å². The smallest absolute Gasteiger partial charge is 0.325 e. The normalized spacial score (nSPS) is 37.5.